The van der Waals surface area contributed by atoms with E-state index in [1.54, 1.807) is 0 Å². The number of nitrogens with zero attached hydrogens (tertiary/aromatic N) is 1. The van der Waals surface area contributed by atoms with Gasteiger partial charge < -0.3 is 10.5 Å². The molecular weight excluding hydrogens is 274 g/mol. The Bertz CT molecular complexity index is 426. The molecule has 3 N–H and O–H groups in total. The summed E-state index contributed by atoms with van der Waals surface area (Å²) < 4.78 is 5.65. The van der Waals surface area contributed by atoms with Crippen molar-refractivity contribution >= 4 is 11.5 Å². The van der Waals surface area contributed by atoms with Gasteiger partial charge in [-0.3, -0.25) is 5.41 Å². The Morgan fingerprint density at radius 2 is 2.09 bits per heavy atom. The molecule has 4 heteroatoms. The summed E-state index contributed by atoms with van der Waals surface area (Å²) in [6, 6.07) is -0.103. The highest BCUT2D eigenvalue weighted by Crippen LogP contribution is 2.19. The second-order valence-electron chi connectivity index (χ2n) is 5.50. The summed E-state index contributed by atoms with van der Waals surface area (Å²) in [5.74, 6) is 0.623. The largest absolute Gasteiger partial charge is 0.378 e. The fraction of sp³-hybridized carbons (Fsp3) is 0.667. The minimum atomic E-state index is -0.103. The number of amidine groups is 1. The highest BCUT2D eigenvalue weighted by atomic mass is 16.5. The lowest BCUT2D eigenvalue weighted by molar-refractivity contribution is 0.0616. The molecule has 1 aliphatic carbocycles. The molecule has 2 atom stereocenters. The smallest absolute Gasteiger partial charge is 0.151 e. The maximum Gasteiger partial charge on any atom is 0.151 e. The van der Waals surface area contributed by atoms with E-state index < -0.39 is 0 Å². The number of aliphatic imine (C=N–C) groups is 1. The van der Waals surface area contributed by atoms with Crippen molar-refractivity contribution in [2.75, 3.05) is 6.61 Å². The molecule has 4 nitrogen and oxygen atoms in total. The van der Waals surface area contributed by atoms with Crippen molar-refractivity contribution in [2.24, 2.45) is 16.6 Å². The first-order chi connectivity index (χ1) is 10.4. The van der Waals surface area contributed by atoms with Crippen molar-refractivity contribution in [3.05, 3.63) is 23.8 Å². The van der Waals surface area contributed by atoms with Crippen LogP contribution in [-0.2, 0) is 4.74 Å². The molecule has 0 aromatic heterocycles. The first-order valence-corrected chi connectivity index (χ1v) is 8.36. The molecule has 22 heavy (non-hydrogen) atoms. The van der Waals surface area contributed by atoms with Gasteiger partial charge in [-0.1, -0.05) is 39.0 Å². The molecule has 1 rings (SSSR count). The van der Waals surface area contributed by atoms with Gasteiger partial charge in [0, 0.05) is 24.7 Å². The van der Waals surface area contributed by atoms with Gasteiger partial charge in [-0.05, 0) is 33.6 Å². The van der Waals surface area contributed by atoms with Gasteiger partial charge in [0.15, 0.2) is 5.84 Å². The van der Waals surface area contributed by atoms with Crippen LogP contribution in [0.2, 0.25) is 0 Å². The Morgan fingerprint density at radius 3 is 2.59 bits per heavy atom. The number of ether oxygens (including phenoxy) is 1. The second kappa shape index (κ2) is 11.3. The van der Waals surface area contributed by atoms with E-state index in [4.69, 9.17) is 15.9 Å². The molecule has 0 saturated heterocycles. The van der Waals surface area contributed by atoms with E-state index in [1.165, 1.54) is 0 Å². The average molecular weight is 309 g/mol. The van der Waals surface area contributed by atoms with Crippen molar-refractivity contribution in [1.82, 2.24) is 0 Å². The summed E-state index contributed by atoms with van der Waals surface area (Å²) in [6.45, 7) is 12.7. The molecule has 0 fully saturated rings. The highest BCUT2D eigenvalue weighted by molar-refractivity contribution is 6.07. The third-order valence-electron chi connectivity index (χ3n) is 3.21. The number of rotatable bonds is 6. The van der Waals surface area contributed by atoms with E-state index in [1.807, 2.05) is 47.6 Å². The van der Waals surface area contributed by atoms with Crippen LogP contribution in [0.3, 0.4) is 0 Å². The van der Waals surface area contributed by atoms with Gasteiger partial charge in [0.25, 0.3) is 0 Å². The van der Waals surface area contributed by atoms with E-state index in [9.17, 15) is 0 Å². The zero-order valence-corrected chi connectivity index (χ0v) is 15.0. The van der Waals surface area contributed by atoms with Gasteiger partial charge in [0.1, 0.15) is 0 Å². The number of allylic oxidation sites excluding steroid dienone is 1. The summed E-state index contributed by atoms with van der Waals surface area (Å²) in [7, 11) is 0. The Labute approximate surface area is 137 Å². The van der Waals surface area contributed by atoms with Gasteiger partial charge in [-0.2, -0.15) is 0 Å². The zero-order valence-electron chi connectivity index (χ0n) is 15.0. The van der Waals surface area contributed by atoms with Crippen LogP contribution in [0.1, 0.15) is 55.8 Å². The average Bonchev–Trinajstić information content (AvgIpc) is 2.52. The van der Waals surface area contributed by atoms with E-state index >= 15 is 0 Å². The van der Waals surface area contributed by atoms with E-state index in [0.717, 1.165) is 24.1 Å². The van der Waals surface area contributed by atoms with Gasteiger partial charge in [0.2, 0.25) is 0 Å². The summed E-state index contributed by atoms with van der Waals surface area (Å²) >= 11 is 0. The molecule has 1 unspecified atom stereocenters. The van der Waals surface area contributed by atoms with Gasteiger partial charge in [-0.25, -0.2) is 4.99 Å². The minimum absolute atomic E-state index is 0. The number of hydrogen-bond donors (Lipinski definition) is 2. The van der Waals surface area contributed by atoms with Gasteiger partial charge >= 0.3 is 0 Å². The van der Waals surface area contributed by atoms with Crippen molar-refractivity contribution in [2.45, 2.75) is 66.5 Å². The third-order valence-corrected chi connectivity index (χ3v) is 3.21. The monoisotopic (exact) mass is 309 g/mol. The fourth-order valence-corrected chi connectivity index (χ4v) is 2.05. The molecule has 1 aliphatic rings. The van der Waals surface area contributed by atoms with Crippen LogP contribution < -0.4 is 5.73 Å². The van der Waals surface area contributed by atoms with Crippen LogP contribution in [0.25, 0.3) is 0 Å². The quantitative estimate of drug-likeness (QED) is 0.565. The van der Waals surface area contributed by atoms with Crippen LogP contribution in [0.5, 0.6) is 0 Å². The molecule has 0 spiro atoms. The van der Waals surface area contributed by atoms with Crippen molar-refractivity contribution < 1.29 is 6.16 Å². The van der Waals surface area contributed by atoms with E-state index in [-0.39, 0.29) is 13.6 Å². The third kappa shape index (κ3) is 7.66. The molecular formula is C18H35N3O. The summed E-state index contributed by atoms with van der Waals surface area (Å²) in [5.41, 5.74) is 7.58. The molecule has 128 valence electrons. The topological polar surface area (TPSA) is 71.5 Å². The maximum atomic E-state index is 8.11. The van der Waals surface area contributed by atoms with Crippen LogP contribution >= 0.6 is 0 Å². The van der Waals surface area contributed by atoms with Crippen LogP contribution in [0, 0.1) is 11.3 Å². The first-order valence-electron chi connectivity index (χ1n) is 8.36. The van der Waals surface area contributed by atoms with E-state index in [2.05, 4.69) is 17.1 Å². The van der Waals surface area contributed by atoms with Crippen molar-refractivity contribution in [3.63, 3.8) is 0 Å². The lowest BCUT2D eigenvalue weighted by atomic mass is 9.96. The maximum absolute atomic E-state index is 8.11. The predicted molar refractivity (Wildman–Crippen MR) is 99.0 cm³/mol. The lowest BCUT2D eigenvalue weighted by Gasteiger charge is -2.18. The van der Waals surface area contributed by atoms with E-state index in [0.29, 0.717) is 18.4 Å². The molecule has 0 aromatic rings. The normalized spacial score (nSPS) is 19.4. The molecule has 0 amide bonds. The standard InChI is InChI=1S/C16H27N3O.C2H6.H2/c1-5-15(12(4)17)19-16(18)14-8-6-7-13(9-14)10-20-11(2)3;1-2;/h6,8-9,11-13,18H,5,7,10,17H2,1-4H3;1-2H3;1H/t12-,13?;;/m0../s1. The SMILES string of the molecule is CC.CCC(=NC(=N)C1=CC(COC(C)C)CC=C1)[C@H](C)N.[HH]. The molecule has 0 aliphatic heterocycles. The summed E-state index contributed by atoms with van der Waals surface area (Å²) in [5, 5.41) is 8.11. The minimum Gasteiger partial charge on any atom is -0.378 e. The fourth-order valence-electron chi connectivity index (χ4n) is 2.05. The zero-order chi connectivity index (χ0) is 17.1. The Kier molecular flexibility index (Phi) is 10.7. The summed E-state index contributed by atoms with van der Waals surface area (Å²) in [6.07, 6.45) is 8.11. The molecule has 0 bridgehead atoms. The first kappa shape index (κ1) is 20.7. The summed E-state index contributed by atoms with van der Waals surface area (Å²) in [4.78, 5) is 4.36. The van der Waals surface area contributed by atoms with Crippen molar-refractivity contribution in [1.29, 1.82) is 5.41 Å². The predicted octanol–water partition coefficient (Wildman–Crippen LogP) is 4.36. The Morgan fingerprint density at radius 1 is 1.45 bits per heavy atom. The molecule has 0 heterocycles. The molecule has 0 saturated carbocycles. The van der Waals surface area contributed by atoms with Crippen LogP contribution in [-0.4, -0.2) is 30.3 Å². The number of hydrogen-bond acceptors (Lipinski definition) is 3. The molecule has 0 aromatic carbocycles. The number of nitrogens with two attached hydrogens (primary N) is 1. The van der Waals surface area contributed by atoms with Gasteiger partial charge in [0.05, 0.1) is 12.7 Å². The van der Waals surface area contributed by atoms with Gasteiger partial charge in [-0.15, -0.1) is 0 Å². The molecule has 0 radical (unpaired) electrons. The van der Waals surface area contributed by atoms with Crippen molar-refractivity contribution in [3.8, 4) is 0 Å². The lowest BCUT2D eigenvalue weighted by Crippen LogP contribution is -2.27. The van der Waals surface area contributed by atoms with Crippen LogP contribution in [0.15, 0.2) is 28.8 Å². The Hall–Kier alpha value is -1.26. The second-order valence-corrected chi connectivity index (χ2v) is 5.50. The number of nitrogens with one attached hydrogen (secondary N) is 1. The van der Waals surface area contributed by atoms with Crippen LogP contribution in [0.4, 0.5) is 0 Å². The highest BCUT2D eigenvalue weighted by Gasteiger charge is 2.14. The Balaban J connectivity index is 0.